The second kappa shape index (κ2) is 7.04. The molecular weight excluding hydrogens is 350 g/mol. The van der Waals surface area contributed by atoms with E-state index in [0.717, 1.165) is 0 Å². The molecule has 1 aromatic heterocycles. The quantitative estimate of drug-likeness (QED) is 0.404. The van der Waals surface area contributed by atoms with Gasteiger partial charge >= 0.3 is 0 Å². The second-order valence-electron chi connectivity index (χ2n) is 5.03. The van der Waals surface area contributed by atoms with Crippen molar-refractivity contribution in [2.24, 2.45) is 0 Å². The Morgan fingerprint density at radius 2 is 1.75 bits per heavy atom. The van der Waals surface area contributed by atoms with Crippen LogP contribution in [0, 0.1) is 5.82 Å². The van der Waals surface area contributed by atoms with Gasteiger partial charge in [-0.2, -0.15) is 0 Å². The van der Waals surface area contributed by atoms with Gasteiger partial charge in [-0.25, -0.2) is 4.39 Å². The predicted octanol–water partition coefficient (Wildman–Crippen LogP) is 6.29. The van der Waals surface area contributed by atoms with Crippen molar-refractivity contribution in [3.05, 3.63) is 87.9 Å². The first kappa shape index (κ1) is 16.5. The monoisotopic (exact) mass is 360 g/mol. The minimum absolute atomic E-state index is 0.238. The van der Waals surface area contributed by atoms with Crippen LogP contribution in [-0.4, -0.2) is 5.78 Å². The maximum absolute atomic E-state index is 12.9. The van der Waals surface area contributed by atoms with Crippen molar-refractivity contribution >= 4 is 35.1 Å². The summed E-state index contributed by atoms with van der Waals surface area (Å²) in [6.45, 7) is 0. The fourth-order valence-electron chi connectivity index (χ4n) is 2.14. The highest BCUT2D eigenvalue weighted by molar-refractivity contribution is 6.36. The third-order valence-electron chi connectivity index (χ3n) is 3.35. The molecule has 2 aromatic carbocycles. The lowest BCUT2D eigenvalue weighted by Crippen LogP contribution is -1.93. The molecule has 1 heterocycles. The SMILES string of the molecule is O=C(/C=C/c1ccc(-c2ccc(Cl)cc2Cl)o1)c1ccc(F)cc1. The number of ketones is 1. The standard InChI is InChI=1S/C19H11Cl2FO2/c20-13-3-8-16(17(21)11-13)19-10-7-15(24-19)6-9-18(23)12-1-4-14(22)5-2-12/h1-11H/b9-6+. The predicted molar refractivity (Wildman–Crippen MR) is 93.9 cm³/mol. The number of halogens is 3. The molecule has 0 aliphatic rings. The van der Waals surface area contributed by atoms with Crippen molar-refractivity contribution in [1.82, 2.24) is 0 Å². The van der Waals surface area contributed by atoms with E-state index in [-0.39, 0.29) is 11.6 Å². The molecule has 120 valence electrons. The molecular formula is C19H11Cl2FO2. The summed E-state index contributed by atoms with van der Waals surface area (Å²) in [5, 5.41) is 1.02. The van der Waals surface area contributed by atoms with Crippen LogP contribution in [-0.2, 0) is 0 Å². The summed E-state index contributed by atoms with van der Waals surface area (Å²) in [5.74, 6) is 0.459. The van der Waals surface area contributed by atoms with E-state index in [9.17, 15) is 9.18 Å². The lowest BCUT2D eigenvalue weighted by molar-refractivity contribution is 0.104. The number of carbonyl (C=O) groups excluding carboxylic acids is 1. The summed E-state index contributed by atoms with van der Waals surface area (Å²) in [7, 11) is 0. The van der Waals surface area contributed by atoms with Gasteiger partial charge in [0.1, 0.15) is 17.3 Å². The summed E-state index contributed by atoms with van der Waals surface area (Å²) in [6, 6.07) is 14.0. The van der Waals surface area contributed by atoms with Crippen molar-refractivity contribution in [2.45, 2.75) is 0 Å². The van der Waals surface area contributed by atoms with Crippen LogP contribution >= 0.6 is 23.2 Å². The van der Waals surface area contributed by atoms with Crippen molar-refractivity contribution in [2.75, 3.05) is 0 Å². The minimum atomic E-state index is -0.383. The average Bonchev–Trinajstić information content (AvgIpc) is 3.02. The number of hydrogen-bond acceptors (Lipinski definition) is 2. The van der Waals surface area contributed by atoms with Crippen molar-refractivity contribution in [3.8, 4) is 11.3 Å². The Morgan fingerprint density at radius 1 is 1.00 bits per heavy atom. The van der Waals surface area contributed by atoms with E-state index < -0.39 is 0 Å². The van der Waals surface area contributed by atoms with Gasteiger partial charge in [0.25, 0.3) is 0 Å². The lowest BCUT2D eigenvalue weighted by atomic mass is 10.1. The molecule has 2 nitrogen and oxygen atoms in total. The second-order valence-corrected chi connectivity index (χ2v) is 5.87. The number of carbonyl (C=O) groups is 1. The van der Waals surface area contributed by atoms with E-state index in [4.69, 9.17) is 27.6 Å². The molecule has 24 heavy (non-hydrogen) atoms. The first-order chi connectivity index (χ1) is 11.5. The summed E-state index contributed by atoms with van der Waals surface area (Å²) in [5.41, 5.74) is 1.12. The molecule has 0 atom stereocenters. The van der Waals surface area contributed by atoms with Crippen LogP contribution in [0.4, 0.5) is 4.39 Å². The molecule has 0 radical (unpaired) electrons. The Hall–Kier alpha value is -2.36. The molecule has 3 aromatic rings. The normalized spacial score (nSPS) is 11.1. The summed E-state index contributed by atoms with van der Waals surface area (Å²) < 4.78 is 18.5. The van der Waals surface area contributed by atoms with Crippen LogP contribution in [0.2, 0.25) is 10.0 Å². The highest BCUT2D eigenvalue weighted by Gasteiger charge is 2.09. The van der Waals surface area contributed by atoms with Crippen molar-refractivity contribution < 1.29 is 13.6 Å². The average molecular weight is 361 g/mol. The first-order valence-corrected chi connectivity index (χ1v) is 7.82. The maximum atomic E-state index is 12.9. The van der Waals surface area contributed by atoms with Gasteiger partial charge in [0.05, 0.1) is 5.02 Å². The van der Waals surface area contributed by atoms with Gasteiger partial charge in [-0.3, -0.25) is 4.79 Å². The highest BCUT2D eigenvalue weighted by atomic mass is 35.5. The van der Waals surface area contributed by atoms with Gasteiger partial charge in [0, 0.05) is 16.1 Å². The van der Waals surface area contributed by atoms with Gasteiger partial charge in [-0.05, 0) is 66.7 Å². The Labute approximate surface area is 148 Å². The summed E-state index contributed by atoms with van der Waals surface area (Å²) >= 11 is 12.0. The van der Waals surface area contributed by atoms with Crippen molar-refractivity contribution in [3.63, 3.8) is 0 Å². The zero-order valence-electron chi connectivity index (χ0n) is 12.3. The van der Waals surface area contributed by atoms with E-state index in [2.05, 4.69) is 0 Å². The summed E-state index contributed by atoms with van der Waals surface area (Å²) in [4.78, 5) is 12.0. The molecule has 0 fully saturated rings. The molecule has 0 amide bonds. The van der Waals surface area contributed by atoms with Crippen LogP contribution in [0.1, 0.15) is 16.1 Å². The van der Waals surface area contributed by atoms with E-state index in [1.807, 2.05) is 0 Å². The van der Waals surface area contributed by atoms with E-state index in [0.29, 0.717) is 32.7 Å². The fourth-order valence-corrected chi connectivity index (χ4v) is 2.65. The molecule has 0 saturated heterocycles. The third kappa shape index (κ3) is 3.75. The van der Waals surface area contributed by atoms with Crippen LogP contribution in [0.15, 0.2) is 65.1 Å². The Kier molecular flexibility index (Phi) is 4.84. The van der Waals surface area contributed by atoms with Crippen LogP contribution in [0.3, 0.4) is 0 Å². The first-order valence-electron chi connectivity index (χ1n) is 7.06. The summed E-state index contributed by atoms with van der Waals surface area (Å²) in [6.07, 6.45) is 2.93. The number of allylic oxidation sites excluding steroid dienone is 1. The molecule has 0 spiro atoms. The van der Waals surface area contributed by atoms with Crippen LogP contribution in [0.5, 0.6) is 0 Å². The molecule has 0 N–H and O–H groups in total. The van der Waals surface area contributed by atoms with Gasteiger partial charge in [-0.1, -0.05) is 23.2 Å². The zero-order valence-corrected chi connectivity index (χ0v) is 13.8. The Bertz CT molecular complexity index is 911. The highest BCUT2D eigenvalue weighted by Crippen LogP contribution is 2.31. The maximum Gasteiger partial charge on any atom is 0.185 e. The lowest BCUT2D eigenvalue weighted by Gasteiger charge is -2.00. The van der Waals surface area contributed by atoms with Crippen LogP contribution < -0.4 is 0 Å². The number of benzene rings is 2. The van der Waals surface area contributed by atoms with E-state index in [1.54, 1.807) is 36.4 Å². The molecule has 0 bridgehead atoms. The fraction of sp³-hybridized carbons (Fsp3) is 0. The Morgan fingerprint density at radius 3 is 2.46 bits per heavy atom. The molecule has 5 heteroatoms. The van der Waals surface area contributed by atoms with Gasteiger partial charge < -0.3 is 4.42 Å². The van der Waals surface area contributed by atoms with E-state index in [1.165, 1.54) is 30.3 Å². The minimum Gasteiger partial charge on any atom is -0.457 e. The smallest absolute Gasteiger partial charge is 0.185 e. The number of furan rings is 1. The molecule has 0 aliphatic heterocycles. The van der Waals surface area contributed by atoms with Gasteiger partial charge in [-0.15, -0.1) is 0 Å². The third-order valence-corrected chi connectivity index (χ3v) is 3.90. The van der Waals surface area contributed by atoms with Crippen LogP contribution in [0.25, 0.3) is 17.4 Å². The van der Waals surface area contributed by atoms with E-state index >= 15 is 0 Å². The zero-order chi connectivity index (χ0) is 17.1. The largest absolute Gasteiger partial charge is 0.457 e. The van der Waals surface area contributed by atoms with Crippen molar-refractivity contribution in [1.29, 1.82) is 0 Å². The van der Waals surface area contributed by atoms with Gasteiger partial charge in [0.15, 0.2) is 5.78 Å². The molecule has 3 rings (SSSR count). The van der Waals surface area contributed by atoms with Gasteiger partial charge in [0.2, 0.25) is 0 Å². The Balaban J connectivity index is 1.78. The topological polar surface area (TPSA) is 30.2 Å². The molecule has 0 unspecified atom stereocenters. The number of rotatable bonds is 4. The number of hydrogen-bond donors (Lipinski definition) is 0. The molecule has 0 aliphatic carbocycles. The molecule has 0 saturated carbocycles.